The zero-order valence-electron chi connectivity index (χ0n) is 11.1. The third-order valence-electron chi connectivity index (χ3n) is 3.18. The van der Waals surface area contributed by atoms with E-state index in [1.807, 2.05) is 0 Å². The number of aromatic carboxylic acids is 1. The molecular weight excluding hydrogens is 292 g/mol. The summed E-state index contributed by atoms with van der Waals surface area (Å²) < 4.78 is 6.72. The second kappa shape index (κ2) is 5.10. The van der Waals surface area contributed by atoms with Crippen molar-refractivity contribution >= 4 is 28.5 Å². The summed E-state index contributed by atoms with van der Waals surface area (Å²) in [5.74, 6) is -0.0439. The first-order valence-electron chi connectivity index (χ1n) is 6.15. The van der Waals surface area contributed by atoms with Gasteiger partial charge in [0.15, 0.2) is 5.82 Å². The maximum Gasteiger partial charge on any atom is 0.352 e. The average molecular weight is 303 g/mol. The van der Waals surface area contributed by atoms with Crippen molar-refractivity contribution in [2.75, 3.05) is 7.11 Å². The van der Waals surface area contributed by atoms with Crippen LogP contribution in [0.25, 0.3) is 16.7 Å². The molecule has 0 radical (unpaired) electrons. The summed E-state index contributed by atoms with van der Waals surface area (Å²) in [6, 6.07) is 10.3. The molecule has 2 aromatic heterocycles. The van der Waals surface area contributed by atoms with E-state index >= 15 is 0 Å². The predicted molar refractivity (Wildman–Crippen MR) is 79.6 cm³/mol. The van der Waals surface area contributed by atoms with Crippen LogP contribution < -0.4 is 4.74 Å². The molecule has 106 valence electrons. The Morgan fingerprint density at radius 3 is 2.81 bits per heavy atom. The molecule has 1 N–H and O–H groups in total. The van der Waals surface area contributed by atoms with E-state index in [4.69, 9.17) is 16.3 Å². The van der Waals surface area contributed by atoms with Crippen LogP contribution in [0.2, 0.25) is 5.02 Å². The first kappa shape index (κ1) is 13.5. The monoisotopic (exact) mass is 302 g/mol. The van der Waals surface area contributed by atoms with Gasteiger partial charge in [-0.25, -0.2) is 9.78 Å². The summed E-state index contributed by atoms with van der Waals surface area (Å²) in [7, 11) is 1.56. The Hall–Kier alpha value is -2.53. The molecule has 0 saturated carbocycles. The summed E-state index contributed by atoms with van der Waals surface area (Å²) >= 11 is 6.16. The predicted octanol–water partition coefficient (Wildman–Crippen LogP) is 3.39. The van der Waals surface area contributed by atoms with Crippen LogP contribution in [-0.2, 0) is 0 Å². The normalized spacial score (nSPS) is 10.8. The molecule has 0 bridgehead atoms. The van der Waals surface area contributed by atoms with Gasteiger partial charge in [-0.1, -0.05) is 11.6 Å². The molecule has 2 heterocycles. The topological polar surface area (TPSA) is 64.3 Å². The van der Waals surface area contributed by atoms with Gasteiger partial charge >= 0.3 is 5.97 Å². The third kappa shape index (κ3) is 2.21. The fraction of sp³-hybridized carbons (Fsp3) is 0.0667. The molecule has 0 fully saturated rings. The largest absolute Gasteiger partial charge is 0.497 e. The fourth-order valence-corrected chi connectivity index (χ4v) is 2.44. The Labute approximate surface area is 125 Å². The van der Waals surface area contributed by atoms with Crippen LogP contribution in [0, 0.1) is 0 Å². The number of hydrogen-bond acceptors (Lipinski definition) is 3. The minimum Gasteiger partial charge on any atom is -0.497 e. The number of carboxylic acids is 1. The van der Waals surface area contributed by atoms with Gasteiger partial charge in [-0.3, -0.25) is 4.57 Å². The van der Waals surface area contributed by atoms with Crippen LogP contribution in [0.5, 0.6) is 5.75 Å². The van der Waals surface area contributed by atoms with E-state index in [2.05, 4.69) is 4.98 Å². The van der Waals surface area contributed by atoms with Crippen molar-refractivity contribution in [2.24, 2.45) is 0 Å². The number of carbonyl (C=O) groups is 1. The lowest BCUT2D eigenvalue weighted by Crippen LogP contribution is -2.08. The van der Waals surface area contributed by atoms with E-state index in [1.54, 1.807) is 49.7 Å². The molecule has 0 aliphatic rings. The molecule has 6 heteroatoms. The smallest absolute Gasteiger partial charge is 0.352 e. The highest BCUT2D eigenvalue weighted by atomic mass is 35.5. The molecular formula is C15H11ClN2O3. The van der Waals surface area contributed by atoms with Gasteiger partial charge in [-0.2, -0.15) is 0 Å². The number of rotatable bonds is 3. The first-order valence-corrected chi connectivity index (χ1v) is 6.53. The Morgan fingerprint density at radius 1 is 1.33 bits per heavy atom. The number of benzene rings is 1. The van der Waals surface area contributed by atoms with Crippen molar-refractivity contribution in [3.8, 4) is 11.6 Å². The van der Waals surface area contributed by atoms with E-state index < -0.39 is 5.97 Å². The van der Waals surface area contributed by atoms with Gasteiger partial charge in [0, 0.05) is 17.6 Å². The van der Waals surface area contributed by atoms with Crippen molar-refractivity contribution < 1.29 is 14.6 Å². The van der Waals surface area contributed by atoms with Crippen LogP contribution in [0.15, 0.2) is 42.6 Å². The number of carboxylic acid groups (broad SMARTS) is 1. The van der Waals surface area contributed by atoms with Gasteiger partial charge in [0.1, 0.15) is 11.4 Å². The van der Waals surface area contributed by atoms with E-state index in [9.17, 15) is 9.90 Å². The molecule has 5 nitrogen and oxygen atoms in total. The molecule has 0 aliphatic carbocycles. The lowest BCUT2D eigenvalue weighted by molar-refractivity contribution is 0.0688. The van der Waals surface area contributed by atoms with E-state index in [-0.39, 0.29) is 5.69 Å². The minimum absolute atomic E-state index is 0.0962. The molecule has 0 amide bonds. The Bertz CT molecular complexity index is 842. The Morgan fingerprint density at radius 2 is 2.14 bits per heavy atom. The molecule has 3 aromatic rings. The van der Waals surface area contributed by atoms with Gasteiger partial charge < -0.3 is 9.84 Å². The van der Waals surface area contributed by atoms with E-state index in [0.717, 1.165) is 5.39 Å². The zero-order chi connectivity index (χ0) is 15.0. The number of aromatic nitrogens is 2. The van der Waals surface area contributed by atoms with E-state index in [1.165, 1.54) is 4.57 Å². The van der Waals surface area contributed by atoms with Crippen molar-refractivity contribution in [3.05, 3.63) is 53.3 Å². The highest BCUT2D eigenvalue weighted by Gasteiger charge is 2.19. The first-order chi connectivity index (χ1) is 10.1. The van der Waals surface area contributed by atoms with Crippen molar-refractivity contribution in [1.29, 1.82) is 0 Å². The fourth-order valence-electron chi connectivity index (χ4n) is 2.24. The zero-order valence-corrected chi connectivity index (χ0v) is 11.8. The van der Waals surface area contributed by atoms with Crippen LogP contribution in [-0.4, -0.2) is 27.7 Å². The summed E-state index contributed by atoms with van der Waals surface area (Å²) in [4.78, 5) is 15.7. The molecule has 0 saturated heterocycles. The number of fused-ring (bicyclic) bond motifs is 1. The van der Waals surface area contributed by atoms with Gasteiger partial charge in [-0.15, -0.1) is 0 Å². The van der Waals surface area contributed by atoms with Crippen LogP contribution in [0.4, 0.5) is 0 Å². The molecule has 0 spiro atoms. The lowest BCUT2D eigenvalue weighted by atomic mass is 10.2. The second-order valence-corrected chi connectivity index (χ2v) is 4.81. The minimum atomic E-state index is -1.05. The Balaban J connectivity index is 2.40. The summed E-state index contributed by atoms with van der Waals surface area (Å²) in [6.07, 6.45) is 1.57. The number of methoxy groups -OCH3 is 1. The summed E-state index contributed by atoms with van der Waals surface area (Å²) in [6.45, 7) is 0. The molecule has 3 rings (SSSR count). The maximum absolute atomic E-state index is 11.5. The number of pyridine rings is 1. The lowest BCUT2D eigenvalue weighted by Gasteiger charge is -2.09. The summed E-state index contributed by atoms with van der Waals surface area (Å²) in [5.41, 5.74) is 0.770. The molecule has 21 heavy (non-hydrogen) atoms. The highest BCUT2D eigenvalue weighted by Crippen LogP contribution is 2.29. The number of hydrogen-bond donors (Lipinski definition) is 1. The van der Waals surface area contributed by atoms with Gasteiger partial charge in [0.2, 0.25) is 0 Å². The average Bonchev–Trinajstić information content (AvgIpc) is 2.86. The van der Waals surface area contributed by atoms with Crippen molar-refractivity contribution in [2.45, 2.75) is 0 Å². The third-order valence-corrected chi connectivity index (χ3v) is 3.48. The molecule has 0 aliphatic heterocycles. The van der Waals surface area contributed by atoms with Crippen LogP contribution in [0.1, 0.15) is 10.5 Å². The highest BCUT2D eigenvalue weighted by molar-refractivity contribution is 6.32. The molecule has 0 unspecified atom stereocenters. The molecule has 1 aromatic carbocycles. The van der Waals surface area contributed by atoms with Crippen molar-refractivity contribution in [3.63, 3.8) is 0 Å². The quantitative estimate of drug-likeness (QED) is 0.805. The standard InChI is InChI=1S/C15H11ClN2O3/c1-21-10-5-4-9-7-13(15(19)20)18(12(9)8-10)14-11(16)3-2-6-17-14/h2-8H,1H3,(H,19,20). The number of halogens is 1. The van der Waals surface area contributed by atoms with Gasteiger partial charge in [-0.05, 0) is 30.3 Å². The molecule has 0 atom stereocenters. The van der Waals surface area contributed by atoms with E-state index in [0.29, 0.717) is 22.1 Å². The SMILES string of the molecule is COc1ccc2cc(C(=O)O)n(-c3ncccc3Cl)c2c1. The van der Waals surface area contributed by atoms with Crippen LogP contribution >= 0.6 is 11.6 Å². The van der Waals surface area contributed by atoms with Gasteiger partial charge in [0.05, 0.1) is 17.6 Å². The number of nitrogens with zero attached hydrogens (tertiary/aromatic N) is 2. The van der Waals surface area contributed by atoms with Crippen LogP contribution in [0.3, 0.4) is 0 Å². The van der Waals surface area contributed by atoms with Gasteiger partial charge in [0.25, 0.3) is 0 Å². The second-order valence-electron chi connectivity index (χ2n) is 4.40. The van der Waals surface area contributed by atoms with Crippen molar-refractivity contribution in [1.82, 2.24) is 9.55 Å². The maximum atomic E-state index is 11.5. The number of ether oxygens (including phenoxy) is 1. The Kier molecular flexibility index (Phi) is 3.27. The summed E-state index contributed by atoms with van der Waals surface area (Å²) in [5, 5.41) is 10.6.